The van der Waals surface area contributed by atoms with Gasteiger partial charge in [-0.05, 0) is 6.92 Å². The standard InChI is InChI=1S/C5H8O3.Ca.2H/c1-4(6)3-8-5(2)7;;;/h3H2,1-2H3;;;/q;+2;2*-1. The quantitative estimate of drug-likeness (QED) is 0.419. The van der Waals surface area contributed by atoms with Crippen LogP contribution in [0.5, 0.6) is 0 Å². The summed E-state index contributed by atoms with van der Waals surface area (Å²) in [6, 6.07) is 0. The Morgan fingerprint density at radius 1 is 1.44 bits per heavy atom. The van der Waals surface area contributed by atoms with Crippen molar-refractivity contribution in [3.05, 3.63) is 0 Å². The molecule has 0 aromatic heterocycles. The Morgan fingerprint density at radius 2 is 1.89 bits per heavy atom. The summed E-state index contributed by atoms with van der Waals surface area (Å²) in [5, 5.41) is 0. The fourth-order valence-corrected chi connectivity index (χ4v) is 0.203. The fourth-order valence-electron chi connectivity index (χ4n) is 0.203. The number of Topliss-reactive ketones (excluding diaryl/α,β-unsaturated/α-hetero) is 1. The molecule has 0 N–H and O–H groups in total. The molecule has 0 fully saturated rings. The summed E-state index contributed by atoms with van der Waals surface area (Å²) in [4.78, 5) is 20.0. The van der Waals surface area contributed by atoms with E-state index in [-0.39, 0.29) is 53.0 Å². The van der Waals surface area contributed by atoms with Gasteiger partial charge in [0.05, 0.1) is 0 Å². The van der Waals surface area contributed by atoms with E-state index in [2.05, 4.69) is 4.74 Å². The SMILES string of the molecule is CC(=O)COC(C)=O.[Ca+2].[H-].[H-]. The van der Waals surface area contributed by atoms with Gasteiger partial charge in [-0.15, -0.1) is 0 Å². The fraction of sp³-hybridized carbons (Fsp3) is 0.600. The number of ketones is 1. The number of esters is 1. The second kappa shape index (κ2) is 6.52. The first kappa shape index (κ1) is 12.1. The van der Waals surface area contributed by atoms with Crippen molar-refractivity contribution in [1.82, 2.24) is 0 Å². The van der Waals surface area contributed by atoms with E-state index >= 15 is 0 Å². The molecule has 0 radical (unpaired) electrons. The van der Waals surface area contributed by atoms with Crippen LogP contribution in [0.4, 0.5) is 0 Å². The molecule has 3 nitrogen and oxygen atoms in total. The third-order valence-electron chi connectivity index (χ3n) is 0.479. The summed E-state index contributed by atoms with van der Waals surface area (Å²) in [6.07, 6.45) is 0. The van der Waals surface area contributed by atoms with E-state index in [1.165, 1.54) is 13.8 Å². The number of hydrogen-bond donors (Lipinski definition) is 0. The van der Waals surface area contributed by atoms with Crippen LogP contribution in [0.15, 0.2) is 0 Å². The Labute approximate surface area is 86.7 Å². The zero-order valence-corrected chi connectivity index (χ0v) is 7.85. The molecule has 4 heteroatoms. The summed E-state index contributed by atoms with van der Waals surface area (Å²) in [5.41, 5.74) is 0. The van der Waals surface area contributed by atoms with Crippen molar-refractivity contribution >= 4 is 49.5 Å². The van der Waals surface area contributed by atoms with Gasteiger partial charge in [0, 0.05) is 6.92 Å². The maximum absolute atomic E-state index is 10.1. The molecule has 0 unspecified atom stereocenters. The summed E-state index contributed by atoms with van der Waals surface area (Å²) < 4.78 is 4.31. The Hall–Kier alpha value is 0.400. The van der Waals surface area contributed by atoms with E-state index in [1.54, 1.807) is 0 Å². The van der Waals surface area contributed by atoms with Gasteiger partial charge >= 0.3 is 43.7 Å². The molecule has 0 saturated heterocycles. The largest absolute Gasteiger partial charge is 2.00 e. The van der Waals surface area contributed by atoms with Gasteiger partial charge in [0.15, 0.2) is 5.78 Å². The Kier molecular flexibility index (Phi) is 8.77. The molecule has 0 rings (SSSR count). The first-order chi connectivity index (χ1) is 3.63. The van der Waals surface area contributed by atoms with Crippen LogP contribution >= 0.6 is 0 Å². The van der Waals surface area contributed by atoms with E-state index in [1.807, 2.05) is 0 Å². The molecule has 0 aromatic carbocycles. The molecule has 0 aliphatic rings. The molecule has 50 valence electrons. The average molecular weight is 158 g/mol. The van der Waals surface area contributed by atoms with Crippen molar-refractivity contribution in [2.45, 2.75) is 13.8 Å². The van der Waals surface area contributed by atoms with Crippen LogP contribution in [0.3, 0.4) is 0 Å². The molecular weight excluding hydrogens is 148 g/mol. The Morgan fingerprint density at radius 3 is 2.00 bits per heavy atom. The first-order valence-corrected chi connectivity index (χ1v) is 2.25. The molecule has 0 atom stereocenters. The summed E-state index contributed by atoms with van der Waals surface area (Å²) in [6.45, 7) is 2.53. The molecule has 0 spiro atoms. The summed E-state index contributed by atoms with van der Waals surface area (Å²) in [5.74, 6) is -0.555. The van der Waals surface area contributed by atoms with Gasteiger partial charge in [-0.1, -0.05) is 0 Å². The van der Waals surface area contributed by atoms with Crippen LogP contribution in [0, 0.1) is 0 Å². The zero-order valence-electron chi connectivity index (χ0n) is 7.64. The Balaban J connectivity index is -0.0000000817. The number of hydrogen-bond acceptors (Lipinski definition) is 3. The van der Waals surface area contributed by atoms with Gasteiger partial charge in [0.2, 0.25) is 0 Å². The van der Waals surface area contributed by atoms with Gasteiger partial charge < -0.3 is 7.59 Å². The second-order valence-electron chi connectivity index (χ2n) is 1.48. The van der Waals surface area contributed by atoms with Crippen LogP contribution in [0.1, 0.15) is 16.7 Å². The molecule has 0 saturated carbocycles. The van der Waals surface area contributed by atoms with Gasteiger partial charge in [0.1, 0.15) is 6.61 Å². The van der Waals surface area contributed by atoms with Crippen LogP contribution in [0.25, 0.3) is 0 Å². The zero-order chi connectivity index (χ0) is 6.57. The maximum Gasteiger partial charge on any atom is 2.00 e. The normalized spacial score (nSPS) is 7.33. The van der Waals surface area contributed by atoms with Crippen LogP contribution < -0.4 is 0 Å². The first-order valence-electron chi connectivity index (χ1n) is 2.25. The number of rotatable bonds is 2. The summed E-state index contributed by atoms with van der Waals surface area (Å²) >= 11 is 0. The molecule has 0 aromatic rings. The Bertz CT molecular complexity index is 104. The number of ether oxygens (including phenoxy) is 1. The molecule has 0 aliphatic heterocycles. The molecular formula is C5H10CaO3. The third-order valence-corrected chi connectivity index (χ3v) is 0.479. The second-order valence-corrected chi connectivity index (χ2v) is 1.48. The van der Waals surface area contributed by atoms with Gasteiger partial charge in [-0.2, -0.15) is 0 Å². The minimum absolute atomic E-state index is 0. The minimum atomic E-state index is -0.416. The van der Waals surface area contributed by atoms with Crippen LogP contribution in [-0.2, 0) is 14.3 Å². The molecule has 9 heavy (non-hydrogen) atoms. The predicted molar refractivity (Wildman–Crippen MR) is 35.3 cm³/mol. The minimum Gasteiger partial charge on any atom is -1.00 e. The number of carbonyl (C=O) groups is 2. The monoisotopic (exact) mass is 158 g/mol. The molecule has 0 heterocycles. The van der Waals surface area contributed by atoms with E-state index in [0.717, 1.165) is 0 Å². The van der Waals surface area contributed by atoms with Crippen molar-refractivity contribution in [2.24, 2.45) is 0 Å². The van der Waals surface area contributed by atoms with Gasteiger partial charge in [-0.25, -0.2) is 0 Å². The topological polar surface area (TPSA) is 43.4 Å². The van der Waals surface area contributed by atoms with Gasteiger partial charge in [0.25, 0.3) is 0 Å². The van der Waals surface area contributed by atoms with Gasteiger partial charge in [-0.3, -0.25) is 9.59 Å². The molecule has 0 amide bonds. The predicted octanol–water partition coefficient (Wildman–Crippen LogP) is -0.0173. The van der Waals surface area contributed by atoms with Crippen LogP contribution in [0.2, 0.25) is 0 Å². The van der Waals surface area contributed by atoms with Crippen LogP contribution in [-0.4, -0.2) is 56.1 Å². The molecule has 0 bridgehead atoms. The maximum atomic E-state index is 10.1. The van der Waals surface area contributed by atoms with Crippen molar-refractivity contribution in [3.63, 3.8) is 0 Å². The number of carbonyl (C=O) groups excluding carboxylic acids is 2. The smallest absolute Gasteiger partial charge is 1.00 e. The third kappa shape index (κ3) is 11.8. The van der Waals surface area contributed by atoms with E-state index in [0.29, 0.717) is 0 Å². The molecule has 0 aliphatic carbocycles. The van der Waals surface area contributed by atoms with E-state index < -0.39 is 5.97 Å². The van der Waals surface area contributed by atoms with E-state index in [9.17, 15) is 9.59 Å². The van der Waals surface area contributed by atoms with Crippen molar-refractivity contribution < 1.29 is 17.2 Å². The van der Waals surface area contributed by atoms with E-state index in [4.69, 9.17) is 0 Å². The average Bonchev–Trinajstić information content (AvgIpc) is 1.61. The van der Waals surface area contributed by atoms with Crippen molar-refractivity contribution in [3.8, 4) is 0 Å². The summed E-state index contributed by atoms with van der Waals surface area (Å²) in [7, 11) is 0. The van der Waals surface area contributed by atoms with Crippen molar-refractivity contribution in [2.75, 3.05) is 6.61 Å². The van der Waals surface area contributed by atoms with Crippen molar-refractivity contribution in [1.29, 1.82) is 0 Å².